The largest absolute Gasteiger partial charge is 0.424 e. The molecule has 0 bridgehead atoms. The Hall–Kier alpha value is -4.06. The maximum Gasteiger partial charge on any atom is 0.335 e. The van der Waals surface area contributed by atoms with Crippen molar-refractivity contribution in [3.63, 3.8) is 0 Å². The minimum Gasteiger partial charge on any atom is -0.424 e. The SMILES string of the molecule is O=c1[nH]/c(=N\c2ccc(Oc3ncccn3)cc2)n(Cc2ccc(Cl)cc2)c(=O)n1CCCOC1CCCCO1. The summed E-state index contributed by atoms with van der Waals surface area (Å²) in [5.74, 6) is 0.518. The summed E-state index contributed by atoms with van der Waals surface area (Å²) in [4.78, 5) is 41.9. The first kappa shape index (κ1) is 27.5. The van der Waals surface area contributed by atoms with Crippen molar-refractivity contribution in [2.45, 2.75) is 45.1 Å². The lowest BCUT2D eigenvalue weighted by molar-refractivity contribution is -0.163. The second-order valence-electron chi connectivity index (χ2n) is 9.16. The van der Waals surface area contributed by atoms with Crippen LogP contribution in [0.25, 0.3) is 0 Å². The maximum atomic E-state index is 13.5. The van der Waals surface area contributed by atoms with Crippen LogP contribution >= 0.6 is 11.6 Å². The van der Waals surface area contributed by atoms with Crippen LogP contribution in [0, 0.1) is 0 Å². The Morgan fingerprint density at radius 3 is 2.52 bits per heavy atom. The summed E-state index contributed by atoms with van der Waals surface area (Å²) in [7, 11) is 0. The van der Waals surface area contributed by atoms with Crippen molar-refractivity contribution in [1.82, 2.24) is 24.1 Å². The van der Waals surface area contributed by atoms with E-state index >= 15 is 0 Å². The molecular formula is C28H29ClN6O5. The third-order valence-corrected chi connectivity index (χ3v) is 6.48. The van der Waals surface area contributed by atoms with Gasteiger partial charge in [-0.15, -0.1) is 0 Å². The molecule has 11 nitrogen and oxygen atoms in total. The van der Waals surface area contributed by atoms with Gasteiger partial charge in [0.05, 0.1) is 18.8 Å². The maximum absolute atomic E-state index is 13.5. The van der Waals surface area contributed by atoms with Gasteiger partial charge in [0.15, 0.2) is 6.29 Å². The molecule has 0 aliphatic carbocycles. The zero-order valence-electron chi connectivity index (χ0n) is 21.7. The highest BCUT2D eigenvalue weighted by atomic mass is 35.5. The van der Waals surface area contributed by atoms with E-state index in [2.05, 4.69) is 19.9 Å². The molecule has 1 saturated heterocycles. The number of halogens is 1. The number of benzene rings is 2. The molecule has 1 fully saturated rings. The van der Waals surface area contributed by atoms with Crippen molar-refractivity contribution in [3.05, 3.63) is 104 Å². The third-order valence-electron chi connectivity index (χ3n) is 6.23. The molecule has 4 aromatic rings. The van der Waals surface area contributed by atoms with Crippen molar-refractivity contribution in [2.24, 2.45) is 4.99 Å². The van der Waals surface area contributed by atoms with Crippen LogP contribution in [-0.2, 0) is 22.6 Å². The predicted octanol–water partition coefficient (Wildman–Crippen LogP) is 3.79. The van der Waals surface area contributed by atoms with Gasteiger partial charge in [-0.3, -0.25) is 9.55 Å². The molecule has 1 aliphatic heterocycles. The monoisotopic (exact) mass is 564 g/mol. The number of nitrogens with one attached hydrogen (secondary N) is 1. The summed E-state index contributed by atoms with van der Waals surface area (Å²) in [6.45, 7) is 1.44. The van der Waals surface area contributed by atoms with Crippen LogP contribution in [0.3, 0.4) is 0 Å². The van der Waals surface area contributed by atoms with Crippen molar-refractivity contribution < 1.29 is 14.2 Å². The molecule has 0 saturated carbocycles. The normalized spacial score (nSPS) is 15.7. The lowest BCUT2D eigenvalue weighted by Gasteiger charge is -2.22. The molecule has 40 heavy (non-hydrogen) atoms. The van der Waals surface area contributed by atoms with Crippen LogP contribution in [0.15, 0.2) is 81.6 Å². The number of aromatic nitrogens is 5. The summed E-state index contributed by atoms with van der Waals surface area (Å²) in [6.07, 6.45) is 6.38. The molecule has 3 heterocycles. The Morgan fingerprint density at radius 2 is 1.80 bits per heavy atom. The van der Waals surface area contributed by atoms with Crippen LogP contribution in [0.1, 0.15) is 31.2 Å². The first-order valence-corrected chi connectivity index (χ1v) is 13.4. The van der Waals surface area contributed by atoms with Crippen molar-refractivity contribution in [1.29, 1.82) is 0 Å². The molecule has 0 amide bonds. The van der Waals surface area contributed by atoms with E-state index in [1.807, 2.05) is 12.1 Å². The molecule has 1 unspecified atom stereocenters. The van der Waals surface area contributed by atoms with Crippen LogP contribution in [0.2, 0.25) is 5.02 Å². The number of rotatable bonds is 10. The van der Waals surface area contributed by atoms with Gasteiger partial charge in [0.25, 0.3) is 0 Å². The van der Waals surface area contributed by atoms with Crippen LogP contribution < -0.4 is 21.7 Å². The van der Waals surface area contributed by atoms with Gasteiger partial charge in [-0.25, -0.2) is 29.1 Å². The molecule has 2 aromatic carbocycles. The van der Waals surface area contributed by atoms with Gasteiger partial charge >= 0.3 is 17.4 Å². The van der Waals surface area contributed by atoms with E-state index in [4.69, 9.17) is 25.8 Å². The molecule has 208 valence electrons. The fraction of sp³-hybridized carbons (Fsp3) is 0.321. The number of hydrogen-bond acceptors (Lipinski definition) is 8. The van der Waals surface area contributed by atoms with Crippen molar-refractivity contribution >= 4 is 17.3 Å². The average molecular weight is 565 g/mol. The fourth-order valence-electron chi connectivity index (χ4n) is 4.19. The van der Waals surface area contributed by atoms with Gasteiger partial charge in [0, 0.05) is 30.6 Å². The van der Waals surface area contributed by atoms with Gasteiger partial charge in [0.2, 0.25) is 5.62 Å². The Balaban J connectivity index is 1.40. The summed E-state index contributed by atoms with van der Waals surface area (Å²) >= 11 is 6.04. The van der Waals surface area contributed by atoms with Gasteiger partial charge in [-0.1, -0.05) is 23.7 Å². The Labute approximate surface area is 234 Å². The minimum absolute atomic E-state index is 0.119. The molecule has 12 heteroatoms. The van der Waals surface area contributed by atoms with E-state index in [0.29, 0.717) is 36.1 Å². The average Bonchev–Trinajstić information content (AvgIpc) is 2.98. The summed E-state index contributed by atoms with van der Waals surface area (Å²) in [6, 6.07) is 15.9. The second-order valence-corrected chi connectivity index (χ2v) is 9.60. The number of aromatic amines is 1. The Bertz CT molecular complexity index is 1580. The molecule has 1 atom stereocenters. The highest BCUT2D eigenvalue weighted by Crippen LogP contribution is 2.21. The first-order chi connectivity index (χ1) is 19.5. The fourth-order valence-corrected chi connectivity index (χ4v) is 4.31. The highest BCUT2D eigenvalue weighted by molar-refractivity contribution is 6.30. The quantitative estimate of drug-likeness (QED) is 0.290. The standard InChI is InChI=1S/C28H29ClN6O5/c29-21-8-6-20(7-9-21)19-35-25(32-22-10-12-23(13-11-22)40-26-30-14-3-15-31-26)33-27(36)34(28(35)37)16-4-18-39-24-5-1-2-17-38-24/h3,6-15,24H,1-2,4-5,16-19H2,(H,32,33,36). The Kier molecular flexibility index (Phi) is 9.17. The van der Waals surface area contributed by atoms with Crippen molar-refractivity contribution in [2.75, 3.05) is 13.2 Å². The van der Waals surface area contributed by atoms with Crippen molar-refractivity contribution in [3.8, 4) is 11.8 Å². The molecule has 1 N–H and O–H groups in total. The summed E-state index contributed by atoms with van der Waals surface area (Å²) < 4.78 is 19.6. The Morgan fingerprint density at radius 1 is 1.02 bits per heavy atom. The minimum atomic E-state index is -0.550. The summed E-state index contributed by atoms with van der Waals surface area (Å²) in [5, 5.41) is 0.586. The van der Waals surface area contributed by atoms with Crippen LogP contribution in [0.5, 0.6) is 11.8 Å². The van der Waals surface area contributed by atoms with E-state index < -0.39 is 11.4 Å². The second kappa shape index (κ2) is 13.3. The van der Waals surface area contributed by atoms with Crippen LogP contribution in [-0.4, -0.2) is 43.6 Å². The predicted molar refractivity (Wildman–Crippen MR) is 148 cm³/mol. The van der Waals surface area contributed by atoms with E-state index in [0.717, 1.165) is 29.4 Å². The molecule has 0 spiro atoms. The third kappa shape index (κ3) is 7.32. The van der Waals surface area contributed by atoms with E-state index in [9.17, 15) is 9.59 Å². The van der Waals surface area contributed by atoms with E-state index in [-0.39, 0.29) is 31.0 Å². The molecule has 0 radical (unpaired) electrons. The molecule has 5 rings (SSSR count). The lowest BCUT2D eigenvalue weighted by Crippen LogP contribution is -2.50. The highest BCUT2D eigenvalue weighted by Gasteiger charge is 2.14. The summed E-state index contributed by atoms with van der Waals surface area (Å²) in [5.41, 5.74) is 0.428. The lowest BCUT2D eigenvalue weighted by atomic mass is 10.2. The zero-order chi connectivity index (χ0) is 27.7. The zero-order valence-corrected chi connectivity index (χ0v) is 22.5. The van der Waals surface area contributed by atoms with Crippen LogP contribution in [0.4, 0.5) is 5.69 Å². The number of H-pyrrole nitrogens is 1. The van der Waals surface area contributed by atoms with Gasteiger partial charge in [-0.05, 0) is 73.7 Å². The van der Waals surface area contributed by atoms with Gasteiger partial charge < -0.3 is 14.2 Å². The smallest absolute Gasteiger partial charge is 0.335 e. The number of hydrogen-bond donors (Lipinski definition) is 1. The first-order valence-electron chi connectivity index (χ1n) is 13.1. The number of ether oxygens (including phenoxy) is 3. The van der Waals surface area contributed by atoms with Gasteiger partial charge in [0.1, 0.15) is 5.75 Å². The molecular weight excluding hydrogens is 536 g/mol. The molecule has 2 aromatic heterocycles. The van der Waals surface area contributed by atoms with E-state index in [1.165, 1.54) is 4.57 Å². The molecule has 1 aliphatic rings. The topological polar surface area (TPSA) is 126 Å². The van der Waals surface area contributed by atoms with E-state index in [1.54, 1.807) is 54.9 Å². The van der Waals surface area contributed by atoms with Gasteiger partial charge in [-0.2, -0.15) is 0 Å². The number of nitrogens with zero attached hydrogens (tertiary/aromatic N) is 5.